The van der Waals surface area contributed by atoms with Gasteiger partial charge in [0.15, 0.2) is 0 Å². The molecule has 0 aliphatic heterocycles. The van der Waals surface area contributed by atoms with Crippen molar-refractivity contribution in [1.82, 2.24) is 0 Å². The van der Waals surface area contributed by atoms with Gasteiger partial charge < -0.3 is 4.74 Å². The Hall–Kier alpha value is -1.58. The predicted molar refractivity (Wildman–Crippen MR) is 73.2 cm³/mol. The number of hydrogen-bond acceptors (Lipinski definition) is 2. The van der Waals surface area contributed by atoms with E-state index in [9.17, 15) is 9.18 Å². The summed E-state index contributed by atoms with van der Waals surface area (Å²) in [6.07, 6.45) is 0. The van der Waals surface area contributed by atoms with Gasteiger partial charge in [0.2, 0.25) is 0 Å². The van der Waals surface area contributed by atoms with Crippen molar-refractivity contribution < 1.29 is 13.9 Å². The van der Waals surface area contributed by atoms with Crippen molar-refractivity contribution in [3.63, 3.8) is 0 Å². The number of carbonyl (C=O) groups excluding carboxylic acids is 1. The Bertz CT molecular complexity index is 641. The summed E-state index contributed by atoms with van der Waals surface area (Å²) < 4.78 is 18.1. The average Bonchev–Trinajstić information content (AvgIpc) is 2.40. The molecule has 19 heavy (non-hydrogen) atoms. The molecule has 0 amide bonds. The van der Waals surface area contributed by atoms with Gasteiger partial charge in [-0.05, 0) is 41.5 Å². The van der Waals surface area contributed by atoms with Crippen LogP contribution in [0.4, 0.5) is 4.39 Å². The number of carbonyl (C=O) groups is 1. The molecule has 0 aromatic heterocycles. The lowest BCUT2D eigenvalue weighted by atomic mass is 10.0. The van der Waals surface area contributed by atoms with Gasteiger partial charge in [-0.1, -0.05) is 29.3 Å². The first-order valence-corrected chi connectivity index (χ1v) is 6.11. The number of ether oxygens (including phenoxy) is 1. The lowest BCUT2D eigenvalue weighted by Crippen LogP contribution is -2.02. The van der Waals surface area contributed by atoms with E-state index >= 15 is 0 Å². The van der Waals surface area contributed by atoms with Crippen molar-refractivity contribution >= 4 is 29.2 Å². The zero-order chi connectivity index (χ0) is 14.0. The minimum Gasteiger partial charge on any atom is -0.465 e. The number of halogens is 3. The Morgan fingerprint density at radius 2 is 1.79 bits per heavy atom. The smallest absolute Gasteiger partial charge is 0.337 e. The summed E-state index contributed by atoms with van der Waals surface area (Å²) in [7, 11) is 1.24. The molecular weight excluding hydrogens is 290 g/mol. The fourth-order valence-corrected chi connectivity index (χ4v) is 1.97. The Labute approximate surface area is 119 Å². The second-order valence-corrected chi connectivity index (χ2v) is 4.66. The molecule has 2 rings (SSSR count). The van der Waals surface area contributed by atoms with E-state index in [1.807, 2.05) is 0 Å². The maximum absolute atomic E-state index is 13.5. The highest BCUT2D eigenvalue weighted by atomic mass is 35.5. The average molecular weight is 299 g/mol. The van der Waals surface area contributed by atoms with Crippen molar-refractivity contribution in [2.24, 2.45) is 0 Å². The third-order valence-electron chi connectivity index (χ3n) is 2.57. The van der Waals surface area contributed by atoms with Crippen molar-refractivity contribution in [2.75, 3.05) is 7.11 Å². The van der Waals surface area contributed by atoms with Crippen LogP contribution in [-0.2, 0) is 4.74 Å². The van der Waals surface area contributed by atoms with Crippen molar-refractivity contribution in [1.29, 1.82) is 0 Å². The summed E-state index contributed by atoms with van der Waals surface area (Å²) in [6, 6.07) is 8.89. The fourth-order valence-electron chi connectivity index (χ4n) is 1.67. The quantitative estimate of drug-likeness (QED) is 0.758. The van der Waals surface area contributed by atoms with Gasteiger partial charge in [0, 0.05) is 0 Å². The van der Waals surface area contributed by atoms with Crippen LogP contribution in [0.15, 0.2) is 36.4 Å². The highest BCUT2D eigenvalue weighted by Gasteiger charge is 2.10. The number of hydrogen-bond donors (Lipinski definition) is 0. The highest BCUT2D eigenvalue weighted by Crippen LogP contribution is 2.29. The van der Waals surface area contributed by atoms with E-state index in [2.05, 4.69) is 4.74 Å². The van der Waals surface area contributed by atoms with E-state index in [1.165, 1.54) is 19.2 Å². The molecule has 0 spiro atoms. The van der Waals surface area contributed by atoms with Gasteiger partial charge in [-0.2, -0.15) is 0 Å². The summed E-state index contributed by atoms with van der Waals surface area (Å²) in [5.41, 5.74) is 1.33. The van der Waals surface area contributed by atoms with Gasteiger partial charge in [-0.3, -0.25) is 0 Å². The van der Waals surface area contributed by atoms with Crippen LogP contribution in [0.25, 0.3) is 11.1 Å². The van der Waals surface area contributed by atoms with Crippen LogP contribution in [0.5, 0.6) is 0 Å². The first-order valence-electron chi connectivity index (χ1n) is 5.35. The highest BCUT2D eigenvalue weighted by molar-refractivity contribution is 6.42. The van der Waals surface area contributed by atoms with Crippen molar-refractivity contribution in [3.05, 3.63) is 57.8 Å². The number of benzene rings is 2. The molecule has 0 atom stereocenters. The standard InChI is InChI=1S/C14H9Cl2FO2/c1-19-14(18)10-4-9(5-11(17)6-10)8-2-3-12(15)13(16)7-8/h2-7H,1H3. The normalized spacial score (nSPS) is 10.3. The van der Waals surface area contributed by atoms with E-state index in [0.717, 1.165) is 6.07 Å². The third-order valence-corrected chi connectivity index (χ3v) is 3.31. The van der Waals surface area contributed by atoms with Gasteiger partial charge in [0.05, 0.1) is 22.7 Å². The third kappa shape index (κ3) is 3.06. The molecule has 0 aliphatic carbocycles. The van der Waals surface area contributed by atoms with Crippen LogP contribution in [0.1, 0.15) is 10.4 Å². The minimum absolute atomic E-state index is 0.142. The Kier molecular flexibility index (Phi) is 4.08. The second kappa shape index (κ2) is 5.59. The first-order chi connectivity index (χ1) is 9.01. The number of rotatable bonds is 2. The molecule has 0 fully saturated rings. The van der Waals surface area contributed by atoms with E-state index in [0.29, 0.717) is 21.2 Å². The lowest BCUT2D eigenvalue weighted by molar-refractivity contribution is 0.0600. The van der Waals surface area contributed by atoms with E-state index in [-0.39, 0.29) is 5.56 Å². The molecule has 0 radical (unpaired) electrons. The number of methoxy groups -OCH3 is 1. The Morgan fingerprint density at radius 3 is 2.42 bits per heavy atom. The largest absolute Gasteiger partial charge is 0.465 e. The Morgan fingerprint density at radius 1 is 1.05 bits per heavy atom. The molecule has 2 aromatic carbocycles. The molecule has 98 valence electrons. The number of esters is 1. The summed E-state index contributed by atoms with van der Waals surface area (Å²) >= 11 is 11.7. The van der Waals surface area contributed by atoms with Crippen LogP contribution < -0.4 is 0 Å². The maximum Gasteiger partial charge on any atom is 0.337 e. The van der Waals surface area contributed by atoms with Crippen LogP contribution in [0.2, 0.25) is 10.0 Å². The molecule has 2 aromatic rings. The van der Waals surface area contributed by atoms with Gasteiger partial charge in [0.25, 0.3) is 0 Å². The monoisotopic (exact) mass is 298 g/mol. The molecule has 0 heterocycles. The molecule has 0 saturated heterocycles. The fraction of sp³-hybridized carbons (Fsp3) is 0.0714. The molecular formula is C14H9Cl2FO2. The zero-order valence-corrected chi connectivity index (χ0v) is 11.4. The predicted octanol–water partition coefficient (Wildman–Crippen LogP) is 4.59. The van der Waals surface area contributed by atoms with Gasteiger partial charge in [0.1, 0.15) is 5.82 Å². The summed E-state index contributed by atoms with van der Waals surface area (Å²) in [5, 5.41) is 0.776. The molecule has 2 nitrogen and oxygen atoms in total. The zero-order valence-electron chi connectivity index (χ0n) is 9.91. The first kappa shape index (κ1) is 13.8. The van der Waals surface area contributed by atoms with Gasteiger partial charge in [-0.15, -0.1) is 0 Å². The lowest BCUT2D eigenvalue weighted by Gasteiger charge is -2.06. The topological polar surface area (TPSA) is 26.3 Å². The molecule has 0 saturated carbocycles. The van der Waals surface area contributed by atoms with Crippen molar-refractivity contribution in [3.8, 4) is 11.1 Å². The van der Waals surface area contributed by atoms with E-state index in [1.54, 1.807) is 18.2 Å². The second-order valence-electron chi connectivity index (χ2n) is 3.85. The molecule has 0 aliphatic rings. The van der Waals surface area contributed by atoms with Crippen LogP contribution in [0, 0.1) is 5.82 Å². The van der Waals surface area contributed by atoms with E-state index in [4.69, 9.17) is 23.2 Å². The maximum atomic E-state index is 13.5. The minimum atomic E-state index is -0.596. The summed E-state index contributed by atoms with van der Waals surface area (Å²) in [5.74, 6) is -1.12. The van der Waals surface area contributed by atoms with E-state index < -0.39 is 11.8 Å². The molecule has 0 unspecified atom stereocenters. The molecule has 0 N–H and O–H groups in total. The van der Waals surface area contributed by atoms with Crippen LogP contribution in [-0.4, -0.2) is 13.1 Å². The van der Waals surface area contributed by atoms with Gasteiger partial charge >= 0.3 is 5.97 Å². The Balaban J connectivity index is 2.52. The molecule has 0 bridgehead atoms. The summed E-state index contributed by atoms with van der Waals surface area (Å²) in [4.78, 5) is 11.4. The van der Waals surface area contributed by atoms with Crippen LogP contribution >= 0.6 is 23.2 Å². The van der Waals surface area contributed by atoms with Crippen LogP contribution in [0.3, 0.4) is 0 Å². The summed E-state index contributed by atoms with van der Waals surface area (Å²) in [6.45, 7) is 0. The van der Waals surface area contributed by atoms with Gasteiger partial charge in [-0.25, -0.2) is 9.18 Å². The molecule has 5 heteroatoms. The SMILES string of the molecule is COC(=O)c1cc(F)cc(-c2ccc(Cl)c(Cl)c2)c1. The van der Waals surface area contributed by atoms with Crippen molar-refractivity contribution in [2.45, 2.75) is 0 Å².